The third-order valence-corrected chi connectivity index (χ3v) is 5.01. The summed E-state index contributed by atoms with van der Waals surface area (Å²) in [4.78, 5) is 25.1. The van der Waals surface area contributed by atoms with E-state index in [0.717, 1.165) is 28.2 Å². The van der Waals surface area contributed by atoms with Crippen molar-refractivity contribution in [3.05, 3.63) is 50.8 Å². The van der Waals surface area contributed by atoms with Crippen molar-refractivity contribution in [2.75, 3.05) is 4.90 Å². The first kappa shape index (κ1) is 17.1. The average Bonchev–Trinajstić information content (AvgIpc) is 3.00. The summed E-state index contributed by atoms with van der Waals surface area (Å²) in [6.07, 6.45) is 1.69. The van der Waals surface area contributed by atoms with Crippen LogP contribution in [0, 0.1) is 24.0 Å². The van der Waals surface area contributed by atoms with Crippen molar-refractivity contribution in [1.82, 2.24) is 9.78 Å². The van der Waals surface area contributed by atoms with Gasteiger partial charge in [0.2, 0.25) is 5.91 Å². The summed E-state index contributed by atoms with van der Waals surface area (Å²) in [6, 6.07) is 4.75. The second-order valence-electron chi connectivity index (χ2n) is 6.66. The zero-order chi connectivity index (χ0) is 18.3. The minimum Gasteiger partial charge on any atom is -0.309 e. The van der Waals surface area contributed by atoms with Crippen LogP contribution >= 0.6 is 0 Å². The van der Waals surface area contributed by atoms with Crippen molar-refractivity contribution in [1.29, 1.82) is 0 Å². The molecule has 0 saturated heterocycles. The number of benzene rings is 1. The summed E-state index contributed by atoms with van der Waals surface area (Å²) >= 11 is 0. The van der Waals surface area contributed by atoms with Crippen LogP contribution in [0.5, 0.6) is 0 Å². The van der Waals surface area contributed by atoms with E-state index in [1.54, 1.807) is 17.0 Å². The van der Waals surface area contributed by atoms with Crippen molar-refractivity contribution in [3.8, 4) is 0 Å². The molecule has 0 spiro atoms. The van der Waals surface area contributed by atoms with Crippen LogP contribution in [-0.2, 0) is 24.7 Å². The number of hydrogen-bond donors (Lipinski definition) is 0. The molecule has 1 atom stereocenters. The van der Waals surface area contributed by atoms with Crippen molar-refractivity contribution in [2.24, 2.45) is 7.05 Å². The lowest BCUT2D eigenvalue weighted by Gasteiger charge is -2.22. The van der Waals surface area contributed by atoms with E-state index < -0.39 is 4.92 Å². The van der Waals surface area contributed by atoms with Crippen LogP contribution in [0.25, 0.3) is 0 Å². The number of rotatable bonds is 4. The summed E-state index contributed by atoms with van der Waals surface area (Å²) in [6.45, 7) is 5.94. The Labute approximate surface area is 146 Å². The molecule has 1 aromatic heterocycles. The molecule has 0 bridgehead atoms. The predicted molar refractivity (Wildman–Crippen MR) is 94.8 cm³/mol. The number of anilines is 1. The number of nitro groups is 1. The third kappa shape index (κ3) is 3.01. The first-order chi connectivity index (χ1) is 11.8. The van der Waals surface area contributed by atoms with E-state index in [2.05, 4.69) is 5.10 Å². The van der Waals surface area contributed by atoms with Gasteiger partial charge >= 0.3 is 0 Å². The lowest BCUT2D eigenvalue weighted by atomic mass is 10.1. The highest BCUT2D eigenvalue weighted by molar-refractivity contribution is 5.96. The smallest absolute Gasteiger partial charge is 0.269 e. The summed E-state index contributed by atoms with van der Waals surface area (Å²) in [5.41, 5.74) is 4.88. The Kier molecular flexibility index (Phi) is 4.32. The van der Waals surface area contributed by atoms with Gasteiger partial charge in [0, 0.05) is 43.0 Å². The van der Waals surface area contributed by atoms with Crippen LogP contribution in [0.15, 0.2) is 18.2 Å². The zero-order valence-corrected chi connectivity index (χ0v) is 14.9. The Balaban J connectivity index is 1.78. The average molecular weight is 342 g/mol. The second-order valence-corrected chi connectivity index (χ2v) is 6.66. The molecule has 132 valence electrons. The Morgan fingerprint density at radius 2 is 2.12 bits per heavy atom. The lowest BCUT2D eigenvalue weighted by molar-refractivity contribution is -0.384. The van der Waals surface area contributed by atoms with Crippen LogP contribution < -0.4 is 4.90 Å². The SMILES string of the molecule is Cc1nn(C)c(C)c1CCC(=O)N1c2ccc([N+](=O)[O-])cc2C[C@H]1C. The number of fused-ring (bicyclic) bond motifs is 1. The molecule has 25 heavy (non-hydrogen) atoms. The highest BCUT2D eigenvalue weighted by Crippen LogP contribution is 2.35. The number of nitrogens with zero attached hydrogens (tertiary/aromatic N) is 4. The fourth-order valence-electron chi connectivity index (χ4n) is 3.64. The molecule has 0 fully saturated rings. The van der Waals surface area contributed by atoms with Gasteiger partial charge in [0.1, 0.15) is 0 Å². The maximum absolute atomic E-state index is 12.8. The topological polar surface area (TPSA) is 81.3 Å². The van der Waals surface area contributed by atoms with Gasteiger partial charge in [-0.25, -0.2) is 0 Å². The van der Waals surface area contributed by atoms with Gasteiger partial charge in [-0.3, -0.25) is 19.6 Å². The van der Waals surface area contributed by atoms with Gasteiger partial charge < -0.3 is 4.90 Å². The molecular weight excluding hydrogens is 320 g/mol. The van der Waals surface area contributed by atoms with E-state index in [0.29, 0.717) is 19.3 Å². The molecule has 0 unspecified atom stereocenters. The zero-order valence-electron chi connectivity index (χ0n) is 14.9. The standard InChI is InChI=1S/C18H22N4O3/c1-11-9-14-10-15(22(24)25)5-7-17(14)21(11)18(23)8-6-16-12(2)19-20(4)13(16)3/h5,7,10-11H,6,8-9H2,1-4H3/t11-/m1/s1. The molecule has 7 nitrogen and oxygen atoms in total. The quantitative estimate of drug-likeness (QED) is 0.632. The first-order valence-electron chi connectivity index (χ1n) is 8.38. The van der Waals surface area contributed by atoms with Crippen molar-refractivity contribution >= 4 is 17.3 Å². The van der Waals surface area contributed by atoms with Crippen LogP contribution in [0.2, 0.25) is 0 Å². The highest BCUT2D eigenvalue weighted by Gasteiger charge is 2.32. The van der Waals surface area contributed by atoms with E-state index >= 15 is 0 Å². The van der Waals surface area contributed by atoms with Gasteiger partial charge in [0.15, 0.2) is 0 Å². The first-order valence-corrected chi connectivity index (χ1v) is 8.38. The summed E-state index contributed by atoms with van der Waals surface area (Å²) in [7, 11) is 1.90. The van der Waals surface area contributed by atoms with Gasteiger partial charge in [0.25, 0.3) is 5.69 Å². The van der Waals surface area contributed by atoms with E-state index in [4.69, 9.17) is 0 Å². The molecule has 2 aromatic rings. The molecule has 0 N–H and O–H groups in total. The van der Waals surface area contributed by atoms with E-state index in [9.17, 15) is 14.9 Å². The van der Waals surface area contributed by atoms with Crippen molar-refractivity contribution in [2.45, 2.75) is 46.1 Å². The maximum Gasteiger partial charge on any atom is 0.269 e. The van der Waals surface area contributed by atoms with Gasteiger partial charge in [-0.15, -0.1) is 0 Å². The largest absolute Gasteiger partial charge is 0.309 e. The molecule has 7 heteroatoms. The summed E-state index contributed by atoms with van der Waals surface area (Å²) in [5, 5.41) is 15.3. The van der Waals surface area contributed by atoms with Crippen molar-refractivity contribution < 1.29 is 9.72 Å². The number of carbonyl (C=O) groups is 1. The molecule has 0 saturated carbocycles. The summed E-state index contributed by atoms with van der Waals surface area (Å²) < 4.78 is 1.84. The number of aromatic nitrogens is 2. The Hall–Kier alpha value is -2.70. The number of non-ortho nitro benzene ring substituents is 1. The highest BCUT2D eigenvalue weighted by atomic mass is 16.6. The molecule has 0 radical (unpaired) electrons. The number of amides is 1. The maximum atomic E-state index is 12.8. The minimum absolute atomic E-state index is 0.0144. The van der Waals surface area contributed by atoms with Crippen LogP contribution in [0.4, 0.5) is 11.4 Å². The third-order valence-electron chi connectivity index (χ3n) is 5.01. The normalized spacial score (nSPS) is 16.2. The van der Waals surface area contributed by atoms with Gasteiger partial charge in [-0.05, 0) is 50.8 Å². The number of nitro benzene ring substituents is 1. The molecule has 1 amide bonds. The van der Waals surface area contributed by atoms with Gasteiger partial charge in [-0.2, -0.15) is 5.10 Å². The fraction of sp³-hybridized carbons (Fsp3) is 0.444. The van der Waals surface area contributed by atoms with Gasteiger partial charge in [-0.1, -0.05) is 0 Å². The van der Waals surface area contributed by atoms with Crippen molar-refractivity contribution in [3.63, 3.8) is 0 Å². The van der Waals surface area contributed by atoms with Gasteiger partial charge in [0.05, 0.1) is 10.6 Å². The Morgan fingerprint density at radius 3 is 2.72 bits per heavy atom. The van der Waals surface area contributed by atoms with Crippen LogP contribution in [-0.4, -0.2) is 26.7 Å². The molecule has 1 aliphatic heterocycles. The molecule has 1 aromatic carbocycles. The monoisotopic (exact) mass is 342 g/mol. The van der Waals surface area contributed by atoms with Crippen LogP contribution in [0.3, 0.4) is 0 Å². The number of carbonyl (C=O) groups excluding carboxylic acids is 1. The molecule has 0 aliphatic carbocycles. The molecular formula is C18H22N4O3. The molecule has 2 heterocycles. The van der Waals surface area contributed by atoms with Crippen LogP contribution in [0.1, 0.15) is 35.9 Å². The number of hydrogen-bond acceptors (Lipinski definition) is 4. The fourth-order valence-corrected chi connectivity index (χ4v) is 3.64. The summed E-state index contributed by atoms with van der Waals surface area (Å²) in [5.74, 6) is 0.0442. The molecule has 1 aliphatic rings. The molecule has 3 rings (SSSR count). The minimum atomic E-state index is -0.399. The Morgan fingerprint density at radius 1 is 1.40 bits per heavy atom. The van der Waals surface area contributed by atoms with E-state index in [1.165, 1.54) is 6.07 Å². The second kappa shape index (κ2) is 6.31. The predicted octanol–water partition coefficient (Wildman–Crippen LogP) is 2.86. The van der Waals surface area contributed by atoms with E-state index in [-0.39, 0.29) is 17.6 Å². The lowest BCUT2D eigenvalue weighted by Crippen LogP contribution is -2.35. The number of aryl methyl sites for hydroxylation is 2. The van der Waals surface area contributed by atoms with E-state index in [1.807, 2.05) is 32.5 Å². The Bertz CT molecular complexity index is 856.